The van der Waals surface area contributed by atoms with Gasteiger partial charge in [-0.2, -0.15) is 0 Å². The van der Waals surface area contributed by atoms with Crippen LogP contribution in [-0.2, 0) is 9.53 Å². The Labute approximate surface area is 238 Å². The normalized spacial score (nSPS) is 15.1. The topological polar surface area (TPSA) is 82.4 Å². The van der Waals surface area contributed by atoms with Crippen LogP contribution in [0.3, 0.4) is 0 Å². The fraction of sp³-hybridized carbons (Fsp3) is 0.387. The van der Waals surface area contributed by atoms with Gasteiger partial charge in [-0.25, -0.2) is 9.79 Å². The maximum atomic E-state index is 14.1. The van der Waals surface area contributed by atoms with E-state index in [1.165, 1.54) is 11.3 Å². The van der Waals surface area contributed by atoms with E-state index >= 15 is 0 Å². The van der Waals surface area contributed by atoms with Crippen molar-refractivity contribution in [3.63, 3.8) is 0 Å². The summed E-state index contributed by atoms with van der Waals surface area (Å²) in [6, 6.07) is 12.7. The predicted molar refractivity (Wildman–Crippen MR) is 159 cm³/mol. The first kappa shape index (κ1) is 29.1. The molecule has 1 atom stereocenters. The molecule has 2 heterocycles. The highest BCUT2D eigenvalue weighted by Gasteiger charge is 2.35. The van der Waals surface area contributed by atoms with Crippen LogP contribution in [0.25, 0.3) is 6.08 Å². The number of para-hydroxylation sites is 1. The van der Waals surface area contributed by atoms with Gasteiger partial charge in [0.05, 0.1) is 35.6 Å². The van der Waals surface area contributed by atoms with Gasteiger partial charge in [-0.15, -0.1) is 0 Å². The lowest BCUT2D eigenvalue weighted by Gasteiger charge is -2.26. The maximum Gasteiger partial charge on any atom is 0.338 e. The van der Waals surface area contributed by atoms with Crippen LogP contribution in [0.15, 0.2) is 63.5 Å². The van der Waals surface area contributed by atoms with Crippen molar-refractivity contribution >= 4 is 29.1 Å². The Hall–Kier alpha value is -3.85. The van der Waals surface area contributed by atoms with Crippen molar-refractivity contribution in [3.8, 4) is 11.5 Å². The summed E-state index contributed by atoms with van der Waals surface area (Å²) in [6.07, 6.45) is 1.73. The summed E-state index contributed by atoms with van der Waals surface area (Å²) in [6.45, 7) is 13.6. The molecule has 1 aromatic heterocycles. The van der Waals surface area contributed by atoms with Gasteiger partial charge in [-0.1, -0.05) is 29.5 Å². The molecule has 0 bridgehead atoms. The highest BCUT2D eigenvalue weighted by molar-refractivity contribution is 7.07. The molecule has 1 aliphatic rings. The van der Waals surface area contributed by atoms with E-state index in [-0.39, 0.29) is 18.3 Å². The van der Waals surface area contributed by atoms with E-state index in [1.54, 1.807) is 25.5 Å². The second-order valence-corrected chi connectivity index (χ2v) is 10.6. The number of carbonyl (C=O) groups excluding carboxylic acids is 1. The summed E-state index contributed by atoms with van der Waals surface area (Å²) in [7, 11) is 1.63. The number of allylic oxidation sites excluding steroid dienone is 1. The molecular weight excluding hydrogens is 526 g/mol. The molecule has 8 nitrogen and oxygen atoms in total. The lowest BCUT2D eigenvalue weighted by atomic mass is 9.95. The summed E-state index contributed by atoms with van der Waals surface area (Å²) < 4.78 is 19.3. The zero-order valence-electron chi connectivity index (χ0n) is 24.2. The Morgan fingerprint density at radius 2 is 1.85 bits per heavy atom. The van der Waals surface area contributed by atoms with Crippen molar-refractivity contribution in [2.75, 3.05) is 31.7 Å². The Morgan fingerprint density at radius 1 is 1.12 bits per heavy atom. The van der Waals surface area contributed by atoms with E-state index in [2.05, 4.69) is 23.7 Å². The van der Waals surface area contributed by atoms with Crippen molar-refractivity contribution in [2.45, 2.75) is 53.7 Å². The van der Waals surface area contributed by atoms with E-state index in [1.807, 2.05) is 62.4 Å². The molecule has 0 amide bonds. The molecule has 1 aliphatic heterocycles. The summed E-state index contributed by atoms with van der Waals surface area (Å²) in [5.74, 6) is 0.768. The van der Waals surface area contributed by atoms with Crippen LogP contribution in [0.5, 0.6) is 11.5 Å². The number of fused-ring (bicyclic) bond motifs is 1. The van der Waals surface area contributed by atoms with Gasteiger partial charge in [0.25, 0.3) is 5.56 Å². The molecule has 3 aromatic rings. The number of carbonyl (C=O) groups is 1. The Morgan fingerprint density at radius 3 is 2.50 bits per heavy atom. The molecule has 0 fully saturated rings. The molecule has 2 aromatic carbocycles. The standard InChI is InChI=1S/C31H37N3O5S/c1-8-33(9-2)22-16-15-21(25(18-22)37-7)17-26-29(35)34-28(23-13-11-12-14-24(23)39-19(4)5)27(30(36)38-10-3)20(6)32-31(34)40-26/h11-19,28H,8-10H2,1-7H3/b26-17+/t28-/m1/s1. The minimum Gasteiger partial charge on any atom is -0.496 e. The number of nitrogens with zero attached hydrogens (tertiary/aromatic N) is 3. The molecule has 0 saturated heterocycles. The summed E-state index contributed by atoms with van der Waals surface area (Å²) in [5, 5.41) is 0. The third kappa shape index (κ3) is 5.70. The number of ether oxygens (including phenoxy) is 3. The molecule has 9 heteroatoms. The van der Waals surface area contributed by atoms with Crippen molar-refractivity contribution in [2.24, 2.45) is 4.99 Å². The molecule has 4 rings (SSSR count). The number of hydrogen-bond donors (Lipinski definition) is 0. The minimum absolute atomic E-state index is 0.0973. The van der Waals surface area contributed by atoms with Crippen LogP contribution in [0.4, 0.5) is 5.69 Å². The van der Waals surface area contributed by atoms with Crippen LogP contribution in [-0.4, -0.2) is 43.4 Å². The molecule has 0 radical (unpaired) electrons. The van der Waals surface area contributed by atoms with Gasteiger partial charge in [-0.3, -0.25) is 9.36 Å². The number of hydrogen-bond acceptors (Lipinski definition) is 8. The van der Waals surface area contributed by atoms with Crippen LogP contribution < -0.4 is 29.3 Å². The molecule has 40 heavy (non-hydrogen) atoms. The van der Waals surface area contributed by atoms with Crippen molar-refractivity contribution in [1.82, 2.24) is 4.57 Å². The summed E-state index contributed by atoms with van der Waals surface area (Å²) in [5.41, 5.74) is 3.11. The Balaban J connectivity index is 1.94. The van der Waals surface area contributed by atoms with Gasteiger partial charge < -0.3 is 19.1 Å². The van der Waals surface area contributed by atoms with Gasteiger partial charge in [-0.05, 0) is 65.8 Å². The number of anilines is 1. The Bertz CT molecular complexity index is 1600. The SMILES string of the molecule is CCOC(=O)C1=C(C)N=c2s/c(=C/c3ccc(N(CC)CC)cc3OC)c(=O)n2[C@@H]1c1ccccc1OC(C)C. The molecule has 0 spiro atoms. The summed E-state index contributed by atoms with van der Waals surface area (Å²) in [4.78, 5) is 34.7. The van der Waals surface area contributed by atoms with Crippen LogP contribution >= 0.6 is 11.3 Å². The number of rotatable bonds is 10. The number of thiazole rings is 1. The third-order valence-corrected chi connectivity index (χ3v) is 7.71. The molecule has 0 aliphatic carbocycles. The van der Waals surface area contributed by atoms with Gasteiger partial charge in [0.1, 0.15) is 17.5 Å². The average Bonchev–Trinajstić information content (AvgIpc) is 3.23. The van der Waals surface area contributed by atoms with E-state index in [9.17, 15) is 9.59 Å². The molecule has 0 unspecified atom stereocenters. The molecular formula is C31H37N3O5S. The van der Waals surface area contributed by atoms with Crippen LogP contribution in [0, 0.1) is 0 Å². The number of benzene rings is 2. The second-order valence-electron chi connectivity index (χ2n) is 9.61. The smallest absolute Gasteiger partial charge is 0.338 e. The quantitative estimate of drug-likeness (QED) is 0.339. The molecule has 0 N–H and O–H groups in total. The molecule has 212 valence electrons. The molecule has 0 saturated carbocycles. The van der Waals surface area contributed by atoms with Gasteiger partial charge in [0.15, 0.2) is 4.80 Å². The van der Waals surface area contributed by atoms with Crippen molar-refractivity contribution in [1.29, 1.82) is 0 Å². The van der Waals surface area contributed by atoms with E-state index in [0.29, 0.717) is 37.7 Å². The zero-order valence-corrected chi connectivity index (χ0v) is 25.0. The third-order valence-electron chi connectivity index (χ3n) is 6.73. The monoisotopic (exact) mass is 563 g/mol. The fourth-order valence-corrected chi connectivity index (χ4v) is 5.94. The maximum absolute atomic E-state index is 14.1. The lowest BCUT2D eigenvalue weighted by molar-refractivity contribution is -0.139. The van der Waals surface area contributed by atoms with Crippen LogP contribution in [0.1, 0.15) is 58.7 Å². The van der Waals surface area contributed by atoms with E-state index in [0.717, 1.165) is 24.3 Å². The number of methoxy groups -OCH3 is 1. The number of aromatic nitrogens is 1. The lowest BCUT2D eigenvalue weighted by Crippen LogP contribution is -2.40. The largest absolute Gasteiger partial charge is 0.496 e. The zero-order chi connectivity index (χ0) is 29.0. The van der Waals surface area contributed by atoms with E-state index in [4.69, 9.17) is 14.2 Å². The van der Waals surface area contributed by atoms with Gasteiger partial charge in [0, 0.05) is 36.0 Å². The first-order chi connectivity index (χ1) is 19.2. The van der Waals surface area contributed by atoms with Gasteiger partial charge in [0.2, 0.25) is 0 Å². The highest BCUT2D eigenvalue weighted by Crippen LogP contribution is 2.36. The Kier molecular flexibility index (Phi) is 9.14. The fourth-order valence-electron chi connectivity index (χ4n) is 4.90. The highest BCUT2D eigenvalue weighted by atomic mass is 32.1. The second kappa shape index (κ2) is 12.6. The van der Waals surface area contributed by atoms with Crippen LogP contribution in [0.2, 0.25) is 0 Å². The summed E-state index contributed by atoms with van der Waals surface area (Å²) >= 11 is 1.28. The first-order valence-corrected chi connectivity index (χ1v) is 14.4. The van der Waals surface area contributed by atoms with Gasteiger partial charge >= 0.3 is 5.97 Å². The minimum atomic E-state index is -0.751. The predicted octanol–water partition coefficient (Wildman–Crippen LogP) is 4.44. The number of esters is 1. The van der Waals surface area contributed by atoms with E-state index < -0.39 is 12.0 Å². The van der Waals surface area contributed by atoms with Crippen molar-refractivity contribution < 1.29 is 19.0 Å². The van der Waals surface area contributed by atoms with Crippen molar-refractivity contribution in [3.05, 3.63) is 84.5 Å². The first-order valence-electron chi connectivity index (χ1n) is 13.6. The average molecular weight is 564 g/mol.